The molecule has 3 aromatic rings. The van der Waals surface area contributed by atoms with Crippen LogP contribution in [0.2, 0.25) is 0 Å². The van der Waals surface area contributed by atoms with E-state index in [1.165, 1.54) is 16.7 Å². The van der Waals surface area contributed by atoms with Gasteiger partial charge in [-0.05, 0) is 77.8 Å². The zero-order valence-corrected chi connectivity index (χ0v) is 22.6. The van der Waals surface area contributed by atoms with Gasteiger partial charge in [-0.1, -0.05) is 30.3 Å². The molecule has 0 saturated heterocycles. The van der Waals surface area contributed by atoms with Crippen LogP contribution in [0.4, 0.5) is 0 Å². The molecular formula is C31H36N2O5. The van der Waals surface area contributed by atoms with Crippen molar-refractivity contribution in [1.82, 2.24) is 10.2 Å². The third-order valence-corrected chi connectivity index (χ3v) is 7.81. The number of hydrogen-bond acceptors (Lipinski definition) is 6. The van der Waals surface area contributed by atoms with Crippen molar-refractivity contribution in [3.63, 3.8) is 0 Å². The fourth-order valence-electron chi connectivity index (χ4n) is 5.87. The molecule has 0 radical (unpaired) electrons. The average Bonchev–Trinajstić information content (AvgIpc) is 3.35. The SMILES string of the molecule is COc1ccc(CC2c3cc(OC)c(OC)cc3CCN2CC(=O)NC2CCc3ccccc32)cc1OC. The Balaban J connectivity index is 1.42. The first-order chi connectivity index (χ1) is 18.5. The van der Waals surface area contributed by atoms with E-state index in [0.29, 0.717) is 30.2 Å². The van der Waals surface area contributed by atoms with Crippen molar-refractivity contribution in [3.05, 3.63) is 82.4 Å². The van der Waals surface area contributed by atoms with Crippen molar-refractivity contribution >= 4 is 5.91 Å². The van der Waals surface area contributed by atoms with Crippen LogP contribution in [0.3, 0.4) is 0 Å². The molecule has 0 spiro atoms. The first kappa shape index (κ1) is 25.9. The number of aryl methyl sites for hydroxylation is 1. The van der Waals surface area contributed by atoms with Gasteiger partial charge in [-0.2, -0.15) is 0 Å². The van der Waals surface area contributed by atoms with Crippen LogP contribution in [-0.4, -0.2) is 52.3 Å². The lowest BCUT2D eigenvalue weighted by atomic mass is 9.88. The second-order valence-corrected chi connectivity index (χ2v) is 9.89. The van der Waals surface area contributed by atoms with Crippen molar-refractivity contribution in [2.75, 3.05) is 41.5 Å². The minimum Gasteiger partial charge on any atom is -0.493 e. The summed E-state index contributed by atoms with van der Waals surface area (Å²) in [5, 5.41) is 3.30. The number of fused-ring (bicyclic) bond motifs is 2. The van der Waals surface area contributed by atoms with Gasteiger partial charge in [-0.15, -0.1) is 0 Å². The Hall–Kier alpha value is -3.71. The minimum absolute atomic E-state index is 0.0155. The Morgan fingerprint density at radius 2 is 1.53 bits per heavy atom. The summed E-state index contributed by atoms with van der Waals surface area (Å²) in [5.74, 6) is 2.85. The van der Waals surface area contributed by atoms with Crippen molar-refractivity contribution in [1.29, 1.82) is 0 Å². The van der Waals surface area contributed by atoms with Crippen LogP contribution in [0, 0.1) is 0 Å². The van der Waals surface area contributed by atoms with Crippen LogP contribution in [0.1, 0.15) is 46.3 Å². The quantitative estimate of drug-likeness (QED) is 0.446. The molecule has 2 unspecified atom stereocenters. The Kier molecular flexibility index (Phi) is 7.74. The highest BCUT2D eigenvalue weighted by Gasteiger charge is 2.32. The van der Waals surface area contributed by atoms with E-state index < -0.39 is 0 Å². The summed E-state index contributed by atoms with van der Waals surface area (Å²) in [6.07, 6.45) is 3.49. The number of nitrogens with one attached hydrogen (secondary N) is 1. The number of amides is 1. The minimum atomic E-state index is -0.0155. The maximum Gasteiger partial charge on any atom is 0.234 e. The third kappa shape index (κ3) is 5.16. The molecular weight excluding hydrogens is 480 g/mol. The molecule has 38 heavy (non-hydrogen) atoms. The fraction of sp³-hybridized carbons (Fsp3) is 0.387. The number of hydrogen-bond donors (Lipinski definition) is 1. The summed E-state index contributed by atoms with van der Waals surface area (Å²) < 4.78 is 22.2. The normalized spacial score (nSPS) is 18.3. The Morgan fingerprint density at radius 3 is 2.29 bits per heavy atom. The van der Waals surface area contributed by atoms with Crippen LogP contribution in [0.5, 0.6) is 23.0 Å². The van der Waals surface area contributed by atoms with E-state index in [2.05, 4.69) is 46.6 Å². The van der Waals surface area contributed by atoms with Gasteiger partial charge in [0, 0.05) is 12.6 Å². The lowest BCUT2D eigenvalue weighted by molar-refractivity contribution is -0.123. The van der Waals surface area contributed by atoms with Gasteiger partial charge in [0.25, 0.3) is 0 Å². The van der Waals surface area contributed by atoms with Gasteiger partial charge in [0.15, 0.2) is 23.0 Å². The number of ether oxygens (including phenoxy) is 4. The van der Waals surface area contributed by atoms with Gasteiger partial charge < -0.3 is 24.3 Å². The van der Waals surface area contributed by atoms with Crippen LogP contribution >= 0.6 is 0 Å². The van der Waals surface area contributed by atoms with Gasteiger partial charge in [-0.3, -0.25) is 9.69 Å². The van der Waals surface area contributed by atoms with Crippen molar-refractivity contribution < 1.29 is 23.7 Å². The highest BCUT2D eigenvalue weighted by Crippen LogP contribution is 2.40. The van der Waals surface area contributed by atoms with Crippen molar-refractivity contribution in [2.45, 2.75) is 37.8 Å². The van der Waals surface area contributed by atoms with Crippen LogP contribution in [0.15, 0.2) is 54.6 Å². The Morgan fingerprint density at radius 1 is 0.816 bits per heavy atom. The van der Waals surface area contributed by atoms with E-state index in [-0.39, 0.29) is 18.0 Å². The summed E-state index contributed by atoms with van der Waals surface area (Å²) >= 11 is 0. The monoisotopic (exact) mass is 516 g/mol. The second kappa shape index (κ2) is 11.4. The molecule has 3 aromatic carbocycles. The number of carbonyl (C=O) groups excluding carboxylic acids is 1. The molecule has 2 atom stereocenters. The number of carbonyl (C=O) groups is 1. The van der Waals surface area contributed by atoms with Gasteiger partial charge in [0.1, 0.15) is 0 Å². The first-order valence-electron chi connectivity index (χ1n) is 13.1. The lowest BCUT2D eigenvalue weighted by Crippen LogP contribution is -2.44. The van der Waals surface area contributed by atoms with E-state index in [4.69, 9.17) is 18.9 Å². The lowest BCUT2D eigenvalue weighted by Gasteiger charge is -2.38. The van der Waals surface area contributed by atoms with Crippen molar-refractivity contribution in [3.8, 4) is 23.0 Å². The fourth-order valence-corrected chi connectivity index (χ4v) is 5.87. The number of methoxy groups -OCH3 is 4. The summed E-state index contributed by atoms with van der Waals surface area (Å²) in [6, 6.07) is 18.6. The van der Waals surface area contributed by atoms with Crippen LogP contribution in [0.25, 0.3) is 0 Å². The maximum atomic E-state index is 13.4. The van der Waals surface area contributed by atoms with E-state index in [1.807, 2.05) is 18.2 Å². The topological polar surface area (TPSA) is 69.3 Å². The predicted molar refractivity (Wildman–Crippen MR) is 146 cm³/mol. The average molecular weight is 517 g/mol. The summed E-state index contributed by atoms with van der Waals surface area (Å²) in [4.78, 5) is 15.6. The molecule has 0 fully saturated rings. The molecule has 7 heteroatoms. The largest absolute Gasteiger partial charge is 0.493 e. The van der Waals surface area contributed by atoms with Gasteiger partial charge in [-0.25, -0.2) is 0 Å². The highest BCUT2D eigenvalue weighted by molar-refractivity contribution is 5.79. The molecule has 1 N–H and O–H groups in total. The standard InChI is InChI=1S/C31H36N2O5/c1-35-27-12-9-20(16-28(27)36-2)15-26-24-18-30(38-4)29(37-3)17-22(24)13-14-33(26)19-31(34)32-25-11-10-21-7-5-6-8-23(21)25/h5-9,12,16-18,25-26H,10-11,13-15,19H2,1-4H3,(H,32,34). The van der Waals surface area contributed by atoms with E-state index in [9.17, 15) is 4.79 Å². The molecule has 1 heterocycles. The van der Waals surface area contributed by atoms with E-state index in [1.54, 1.807) is 28.4 Å². The Labute approximate surface area is 224 Å². The van der Waals surface area contributed by atoms with Gasteiger partial charge in [0.2, 0.25) is 5.91 Å². The molecule has 5 rings (SSSR count). The number of nitrogens with zero attached hydrogens (tertiary/aromatic N) is 1. The zero-order valence-electron chi connectivity index (χ0n) is 22.6. The number of rotatable bonds is 9. The molecule has 0 bridgehead atoms. The summed E-state index contributed by atoms with van der Waals surface area (Å²) in [5.41, 5.74) is 6.04. The number of benzene rings is 3. The van der Waals surface area contributed by atoms with Crippen LogP contribution in [-0.2, 0) is 24.1 Å². The second-order valence-electron chi connectivity index (χ2n) is 9.89. The molecule has 1 aliphatic carbocycles. The molecule has 1 amide bonds. The van der Waals surface area contributed by atoms with Crippen molar-refractivity contribution in [2.24, 2.45) is 0 Å². The highest BCUT2D eigenvalue weighted by atomic mass is 16.5. The molecule has 1 aliphatic heterocycles. The first-order valence-corrected chi connectivity index (χ1v) is 13.1. The molecule has 2 aliphatic rings. The van der Waals surface area contributed by atoms with E-state index >= 15 is 0 Å². The molecule has 0 saturated carbocycles. The maximum absolute atomic E-state index is 13.4. The molecule has 7 nitrogen and oxygen atoms in total. The smallest absolute Gasteiger partial charge is 0.234 e. The zero-order chi connectivity index (χ0) is 26.6. The summed E-state index contributed by atoms with van der Waals surface area (Å²) in [6.45, 7) is 1.10. The summed E-state index contributed by atoms with van der Waals surface area (Å²) in [7, 11) is 6.59. The van der Waals surface area contributed by atoms with Gasteiger partial charge in [0.05, 0.1) is 41.0 Å². The third-order valence-electron chi connectivity index (χ3n) is 7.81. The van der Waals surface area contributed by atoms with E-state index in [0.717, 1.165) is 42.7 Å². The molecule has 200 valence electrons. The Bertz CT molecular complexity index is 1310. The predicted octanol–water partition coefficient (Wildman–Crippen LogP) is 4.67. The van der Waals surface area contributed by atoms with Crippen LogP contribution < -0.4 is 24.3 Å². The van der Waals surface area contributed by atoms with Gasteiger partial charge >= 0.3 is 0 Å². The molecule has 0 aromatic heterocycles.